The van der Waals surface area contributed by atoms with Gasteiger partial charge >= 0.3 is 0 Å². The average Bonchev–Trinajstić information content (AvgIpc) is 2.55. The molecule has 0 spiro atoms. The highest BCUT2D eigenvalue weighted by molar-refractivity contribution is 5.85. The minimum absolute atomic E-state index is 0. The number of amides is 1. The fourth-order valence-electron chi connectivity index (χ4n) is 3.63. The molecule has 2 fully saturated rings. The van der Waals surface area contributed by atoms with Gasteiger partial charge in [-0.2, -0.15) is 0 Å². The second-order valence-corrected chi connectivity index (χ2v) is 6.37. The first kappa shape index (κ1) is 19.7. The maximum Gasteiger partial charge on any atom is 0.220 e. The SMILES string of the molecule is CNCCCC(=O)NCC1(N2CCOCC2)CCCCC1.Cl. The molecule has 1 aliphatic heterocycles. The zero-order chi connectivity index (χ0) is 15.0. The molecule has 2 aliphatic rings. The Balaban J connectivity index is 0.00000242. The molecule has 1 saturated heterocycles. The third-order valence-corrected chi connectivity index (χ3v) is 4.91. The molecular formula is C16H32ClN3O2. The summed E-state index contributed by atoms with van der Waals surface area (Å²) in [6, 6.07) is 0. The van der Waals surface area contributed by atoms with E-state index in [9.17, 15) is 4.79 Å². The lowest BCUT2D eigenvalue weighted by Crippen LogP contribution is -2.59. The molecule has 0 radical (unpaired) electrons. The van der Waals surface area contributed by atoms with Gasteiger partial charge in [0.15, 0.2) is 0 Å². The van der Waals surface area contributed by atoms with Crippen molar-refractivity contribution >= 4 is 18.3 Å². The van der Waals surface area contributed by atoms with Crippen LogP contribution in [0.15, 0.2) is 0 Å². The zero-order valence-electron chi connectivity index (χ0n) is 13.9. The molecule has 1 aliphatic carbocycles. The smallest absolute Gasteiger partial charge is 0.220 e. The number of halogens is 1. The molecule has 0 atom stereocenters. The Morgan fingerprint density at radius 3 is 2.50 bits per heavy atom. The van der Waals surface area contributed by atoms with E-state index in [0.717, 1.165) is 45.8 Å². The van der Waals surface area contributed by atoms with Crippen LogP contribution in [0.1, 0.15) is 44.9 Å². The van der Waals surface area contributed by atoms with Gasteiger partial charge in [0.25, 0.3) is 0 Å². The van der Waals surface area contributed by atoms with E-state index in [4.69, 9.17) is 4.74 Å². The number of hydrogen-bond donors (Lipinski definition) is 2. The minimum Gasteiger partial charge on any atom is -0.379 e. The Hall–Kier alpha value is -0.360. The molecule has 22 heavy (non-hydrogen) atoms. The van der Waals surface area contributed by atoms with E-state index < -0.39 is 0 Å². The van der Waals surface area contributed by atoms with Gasteiger partial charge in [-0.3, -0.25) is 9.69 Å². The summed E-state index contributed by atoms with van der Waals surface area (Å²) in [7, 11) is 1.92. The number of morpholine rings is 1. The molecule has 130 valence electrons. The van der Waals surface area contributed by atoms with Crippen molar-refractivity contribution in [3.8, 4) is 0 Å². The Labute approximate surface area is 140 Å². The van der Waals surface area contributed by atoms with Crippen LogP contribution in [0.2, 0.25) is 0 Å². The van der Waals surface area contributed by atoms with Crippen molar-refractivity contribution in [2.45, 2.75) is 50.5 Å². The van der Waals surface area contributed by atoms with Gasteiger partial charge in [-0.15, -0.1) is 12.4 Å². The van der Waals surface area contributed by atoms with Crippen LogP contribution in [-0.2, 0) is 9.53 Å². The maximum absolute atomic E-state index is 12.0. The minimum atomic E-state index is 0. The van der Waals surface area contributed by atoms with Crippen LogP contribution in [0, 0.1) is 0 Å². The molecule has 5 nitrogen and oxygen atoms in total. The molecule has 0 aromatic rings. The van der Waals surface area contributed by atoms with Crippen molar-refractivity contribution < 1.29 is 9.53 Å². The van der Waals surface area contributed by atoms with Crippen molar-refractivity contribution in [3.05, 3.63) is 0 Å². The highest BCUT2D eigenvalue weighted by Crippen LogP contribution is 2.33. The van der Waals surface area contributed by atoms with Crippen molar-refractivity contribution in [1.82, 2.24) is 15.5 Å². The Morgan fingerprint density at radius 2 is 1.86 bits per heavy atom. The van der Waals surface area contributed by atoms with Crippen LogP contribution in [-0.4, -0.2) is 62.8 Å². The number of nitrogens with zero attached hydrogens (tertiary/aromatic N) is 1. The first-order chi connectivity index (χ1) is 10.3. The van der Waals surface area contributed by atoms with Gasteiger partial charge in [0.2, 0.25) is 5.91 Å². The van der Waals surface area contributed by atoms with Crippen LogP contribution in [0.3, 0.4) is 0 Å². The van der Waals surface area contributed by atoms with E-state index in [1.54, 1.807) is 0 Å². The van der Waals surface area contributed by atoms with Crippen molar-refractivity contribution in [2.75, 3.05) is 46.4 Å². The fraction of sp³-hybridized carbons (Fsp3) is 0.938. The van der Waals surface area contributed by atoms with Gasteiger partial charge < -0.3 is 15.4 Å². The van der Waals surface area contributed by atoms with Crippen molar-refractivity contribution in [1.29, 1.82) is 0 Å². The van der Waals surface area contributed by atoms with E-state index >= 15 is 0 Å². The molecule has 6 heteroatoms. The standard InChI is InChI=1S/C16H31N3O2.ClH/c1-17-9-5-6-15(20)18-14-16(7-3-2-4-8-16)19-10-12-21-13-11-19;/h17H,2-14H2,1H3,(H,18,20);1H. The molecule has 0 unspecified atom stereocenters. The first-order valence-corrected chi connectivity index (χ1v) is 8.51. The normalized spacial score (nSPS) is 21.9. The van der Waals surface area contributed by atoms with Crippen LogP contribution in [0.5, 0.6) is 0 Å². The fourth-order valence-corrected chi connectivity index (χ4v) is 3.63. The summed E-state index contributed by atoms with van der Waals surface area (Å²) < 4.78 is 5.49. The Bertz CT molecular complexity index is 317. The van der Waals surface area contributed by atoms with E-state index in [-0.39, 0.29) is 23.9 Å². The van der Waals surface area contributed by atoms with Crippen molar-refractivity contribution in [2.24, 2.45) is 0 Å². The summed E-state index contributed by atoms with van der Waals surface area (Å²) in [6.45, 7) is 5.40. The predicted molar refractivity (Wildman–Crippen MR) is 91.6 cm³/mol. The number of ether oxygens (including phenoxy) is 1. The van der Waals surface area contributed by atoms with Gasteiger partial charge in [-0.1, -0.05) is 19.3 Å². The van der Waals surface area contributed by atoms with Gasteiger partial charge in [0.05, 0.1) is 13.2 Å². The third kappa shape index (κ3) is 5.69. The lowest BCUT2D eigenvalue weighted by atomic mass is 9.79. The highest BCUT2D eigenvalue weighted by atomic mass is 35.5. The lowest BCUT2D eigenvalue weighted by Gasteiger charge is -2.48. The molecule has 2 rings (SSSR count). The molecule has 0 bridgehead atoms. The first-order valence-electron chi connectivity index (χ1n) is 8.51. The predicted octanol–water partition coefficient (Wildman–Crippen LogP) is 1.56. The summed E-state index contributed by atoms with van der Waals surface area (Å²) in [4.78, 5) is 14.6. The second kappa shape index (κ2) is 10.4. The van der Waals surface area contributed by atoms with Gasteiger partial charge in [-0.25, -0.2) is 0 Å². The molecule has 1 amide bonds. The summed E-state index contributed by atoms with van der Waals surface area (Å²) in [5.74, 6) is 0.198. The molecule has 1 heterocycles. The topological polar surface area (TPSA) is 53.6 Å². The van der Waals surface area contributed by atoms with Crippen LogP contribution in [0.25, 0.3) is 0 Å². The summed E-state index contributed by atoms with van der Waals surface area (Å²) in [6.07, 6.45) is 7.86. The molecule has 2 N–H and O–H groups in total. The molecule has 0 aromatic heterocycles. The van der Waals surface area contributed by atoms with Crippen LogP contribution >= 0.6 is 12.4 Å². The number of carbonyl (C=O) groups is 1. The Kier molecular flexibility index (Phi) is 9.33. The second-order valence-electron chi connectivity index (χ2n) is 6.37. The lowest BCUT2D eigenvalue weighted by molar-refractivity contribution is -0.122. The number of rotatable bonds is 7. The van der Waals surface area contributed by atoms with E-state index in [1.807, 2.05) is 7.05 Å². The van der Waals surface area contributed by atoms with E-state index in [1.165, 1.54) is 32.1 Å². The van der Waals surface area contributed by atoms with Gasteiger partial charge in [0.1, 0.15) is 0 Å². The average molecular weight is 334 g/mol. The summed E-state index contributed by atoms with van der Waals surface area (Å²) >= 11 is 0. The molecular weight excluding hydrogens is 302 g/mol. The highest BCUT2D eigenvalue weighted by Gasteiger charge is 2.38. The number of hydrogen-bond acceptors (Lipinski definition) is 4. The number of carbonyl (C=O) groups excluding carboxylic acids is 1. The zero-order valence-corrected chi connectivity index (χ0v) is 14.7. The van der Waals surface area contributed by atoms with E-state index in [0.29, 0.717) is 6.42 Å². The van der Waals surface area contributed by atoms with Crippen LogP contribution in [0.4, 0.5) is 0 Å². The monoisotopic (exact) mass is 333 g/mol. The maximum atomic E-state index is 12.0. The summed E-state index contributed by atoms with van der Waals surface area (Å²) in [5.41, 5.74) is 0.181. The largest absolute Gasteiger partial charge is 0.379 e. The van der Waals surface area contributed by atoms with Gasteiger partial charge in [-0.05, 0) is 32.9 Å². The van der Waals surface area contributed by atoms with Crippen molar-refractivity contribution in [3.63, 3.8) is 0 Å². The van der Waals surface area contributed by atoms with Crippen LogP contribution < -0.4 is 10.6 Å². The molecule has 0 aromatic carbocycles. The summed E-state index contributed by atoms with van der Waals surface area (Å²) in [5, 5.41) is 6.29. The number of nitrogens with one attached hydrogen (secondary N) is 2. The third-order valence-electron chi connectivity index (χ3n) is 4.91. The van der Waals surface area contributed by atoms with Gasteiger partial charge in [0, 0.05) is 31.6 Å². The van der Waals surface area contributed by atoms with E-state index in [2.05, 4.69) is 15.5 Å². The molecule has 1 saturated carbocycles. The quantitative estimate of drug-likeness (QED) is 0.694. The Morgan fingerprint density at radius 1 is 1.18 bits per heavy atom.